The fourth-order valence-electron chi connectivity index (χ4n) is 1.36. The Hall–Kier alpha value is -2.56. The van der Waals surface area contributed by atoms with Crippen LogP contribution in [0.1, 0.15) is 24.2 Å². The SMILES string of the molecule is C/C=C/C=C/C(=O)NNC(=O)c1ccc(OCC)cc1. The van der Waals surface area contributed by atoms with Gasteiger partial charge in [-0.05, 0) is 38.1 Å². The summed E-state index contributed by atoms with van der Waals surface area (Å²) in [5, 5.41) is 0. The Morgan fingerprint density at radius 1 is 1.15 bits per heavy atom. The number of hydrazine groups is 1. The second-order valence-electron chi connectivity index (χ2n) is 3.79. The minimum atomic E-state index is -0.401. The third-order valence-electron chi connectivity index (χ3n) is 2.28. The predicted molar refractivity (Wildman–Crippen MR) is 77.2 cm³/mol. The van der Waals surface area contributed by atoms with Crippen molar-refractivity contribution in [3.05, 3.63) is 54.1 Å². The number of rotatable bonds is 5. The molecule has 2 amide bonds. The van der Waals surface area contributed by atoms with Crippen LogP contribution in [-0.2, 0) is 4.79 Å². The highest BCUT2D eigenvalue weighted by molar-refractivity contribution is 5.96. The van der Waals surface area contributed by atoms with E-state index >= 15 is 0 Å². The number of allylic oxidation sites excluding steroid dienone is 3. The molecule has 0 saturated heterocycles. The van der Waals surface area contributed by atoms with Crippen LogP contribution in [-0.4, -0.2) is 18.4 Å². The van der Waals surface area contributed by atoms with E-state index in [2.05, 4.69) is 10.9 Å². The Morgan fingerprint density at radius 2 is 1.85 bits per heavy atom. The van der Waals surface area contributed by atoms with E-state index in [0.29, 0.717) is 17.9 Å². The molecule has 0 fully saturated rings. The van der Waals surface area contributed by atoms with Gasteiger partial charge in [-0.25, -0.2) is 0 Å². The molecule has 0 spiro atoms. The van der Waals surface area contributed by atoms with Crippen LogP contribution >= 0.6 is 0 Å². The number of benzene rings is 1. The molecular formula is C15H18N2O3. The molecule has 106 valence electrons. The summed E-state index contributed by atoms with van der Waals surface area (Å²) in [5.41, 5.74) is 5.05. The summed E-state index contributed by atoms with van der Waals surface area (Å²) in [7, 11) is 0. The van der Waals surface area contributed by atoms with Crippen molar-refractivity contribution in [3.63, 3.8) is 0 Å². The largest absolute Gasteiger partial charge is 0.494 e. The molecule has 5 heteroatoms. The molecule has 0 atom stereocenters. The van der Waals surface area contributed by atoms with Gasteiger partial charge in [-0.2, -0.15) is 0 Å². The molecule has 0 bridgehead atoms. The molecule has 5 nitrogen and oxygen atoms in total. The molecule has 0 aromatic heterocycles. The first-order chi connectivity index (χ1) is 9.67. The molecule has 0 unspecified atom stereocenters. The van der Waals surface area contributed by atoms with Crippen molar-refractivity contribution in [2.45, 2.75) is 13.8 Å². The lowest BCUT2D eigenvalue weighted by molar-refractivity contribution is -0.117. The van der Waals surface area contributed by atoms with Gasteiger partial charge in [-0.3, -0.25) is 20.4 Å². The van der Waals surface area contributed by atoms with Crippen molar-refractivity contribution in [1.82, 2.24) is 10.9 Å². The van der Waals surface area contributed by atoms with Crippen molar-refractivity contribution >= 4 is 11.8 Å². The quantitative estimate of drug-likeness (QED) is 0.490. The van der Waals surface area contributed by atoms with Gasteiger partial charge in [-0.15, -0.1) is 0 Å². The van der Waals surface area contributed by atoms with Crippen LogP contribution in [0.2, 0.25) is 0 Å². The first-order valence-corrected chi connectivity index (χ1v) is 6.30. The molecule has 1 aromatic carbocycles. The van der Waals surface area contributed by atoms with Crippen molar-refractivity contribution in [2.75, 3.05) is 6.61 Å². The van der Waals surface area contributed by atoms with Crippen LogP contribution in [0, 0.1) is 0 Å². The Morgan fingerprint density at radius 3 is 2.45 bits per heavy atom. The summed E-state index contributed by atoms with van der Waals surface area (Å²) in [6.45, 7) is 4.30. The second kappa shape index (κ2) is 8.53. The molecule has 1 rings (SSSR count). The van der Waals surface area contributed by atoms with Crippen LogP contribution in [0.4, 0.5) is 0 Å². The average molecular weight is 274 g/mol. The molecule has 0 saturated carbocycles. The number of nitrogens with one attached hydrogen (secondary N) is 2. The lowest BCUT2D eigenvalue weighted by atomic mass is 10.2. The van der Waals surface area contributed by atoms with Gasteiger partial charge in [0.1, 0.15) is 5.75 Å². The maximum absolute atomic E-state index is 11.7. The molecular weight excluding hydrogens is 256 g/mol. The second-order valence-corrected chi connectivity index (χ2v) is 3.79. The van der Waals surface area contributed by atoms with Crippen molar-refractivity contribution in [3.8, 4) is 5.75 Å². The fraction of sp³-hybridized carbons (Fsp3) is 0.200. The van der Waals surface area contributed by atoms with Gasteiger partial charge in [0, 0.05) is 11.6 Å². The Bertz CT molecular complexity index is 504. The minimum absolute atomic E-state index is 0.388. The third-order valence-corrected chi connectivity index (χ3v) is 2.28. The van der Waals surface area contributed by atoms with E-state index in [4.69, 9.17) is 4.74 Å². The van der Waals surface area contributed by atoms with Crippen LogP contribution in [0.5, 0.6) is 5.75 Å². The highest BCUT2D eigenvalue weighted by Crippen LogP contribution is 2.11. The number of hydrogen-bond donors (Lipinski definition) is 2. The van der Waals surface area contributed by atoms with Gasteiger partial charge in [0.15, 0.2) is 0 Å². The summed E-state index contributed by atoms with van der Waals surface area (Å²) >= 11 is 0. The Labute approximate surface area is 118 Å². The molecule has 1 aromatic rings. The normalized spacial score (nSPS) is 10.7. The van der Waals surface area contributed by atoms with E-state index in [1.165, 1.54) is 6.08 Å². The fourth-order valence-corrected chi connectivity index (χ4v) is 1.36. The maximum Gasteiger partial charge on any atom is 0.269 e. The molecule has 0 radical (unpaired) electrons. The van der Waals surface area contributed by atoms with E-state index < -0.39 is 5.91 Å². The molecule has 0 aliphatic heterocycles. The smallest absolute Gasteiger partial charge is 0.269 e. The van der Waals surface area contributed by atoms with Gasteiger partial charge in [0.05, 0.1) is 6.61 Å². The summed E-state index contributed by atoms with van der Waals surface area (Å²) in [6.07, 6.45) is 6.41. The van der Waals surface area contributed by atoms with E-state index in [1.54, 1.807) is 42.5 Å². The highest BCUT2D eigenvalue weighted by atomic mass is 16.5. The van der Waals surface area contributed by atoms with Crippen LogP contribution in [0.3, 0.4) is 0 Å². The van der Waals surface area contributed by atoms with E-state index in [-0.39, 0.29) is 5.91 Å². The van der Waals surface area contributed by atoms with E-state index in [9.17, 15) is 9.59 Å². The standard InChI is InChI=1S/C15H18N2O3/c1-3-5-6-7-14(18)16-17-15(19)12-8-10-13(11-9-12)20-4-2/h3,5-11H,4H2,1-2H3,(H,16,18)(H,17,19)/b5-3+,7-6+. The van der Waals surface area contributed by atoms with Gasteiger partial charge in [0.25, 0.3) is 11.8 Å². The zero-order valence-electron chi connectivity index (χ0n) is 11.6. The van der Waals surface area contributed by atoms with Crippen LogP contribution in [0.15, 0.2) is 48.6 Å². The summed E-state index contributed by atoms with van der Waals surface area (Å²) in [4.78, 5) is 23.1. The number of carbonyl (C=O) groups excluding carboxylic acids is 2. The van der Waals surface area contributed by atoms with Crippen LogP contribution < -0.4 is 15.6 Å². The summed E-state index contributed by atoms with van der Waals surface area (Å²) in [6, 6.07) is 6.66. The molecule has 0 aliphatic rings. The minimum Gasteiger partial charge on any atom is -0.494 e. The van der Waals surface area contributed by atoms with Gasteiger partial charge >= 0.3 is 0 Å². The lowest BCUT2D eigenvalue weighted by Gasteiger charge is -2.06. The van der Waals surface area contributed by atoms with E-state index in [1.807, 2.05) is 13.8 Å². The number of hydrogen-bond acceptors (Lipinski definition) is 3. The number of ether oxygens (including phenoxy) is 1. The summed E-state index contributed by atoms with van der Waals surface area (Å²) < 4.78 is 5.28. The number of carbonyl (C=O) groups is 2. The monoisotopic (exact) mass is 274 g/mol. The topological polar surface area (TPSA) is 67.4 Å². The molecule has 2 N–H and O–H groups in total. The van der Waals surface area contributed by atoms with Crippen LogP contribution in [0.25, 0.3) is 0 Å². The maximum atomic E-state index is 11.7. The number of amides is 2. The van der Waals surface area contributed by atoms with Gasteiger partial charge in [-0.1, -0.05) is 18.2 Å². The Kier molecular flexibility index (Phi) is 6.61. The molecule has 0 aliphatic carbocycles. The van der Waals surface area contributed by atoms with E-state index in [0.717, 1.165) is 0 Å². The Balaban J connectivity index is 2.48. The third kappa shape index (κ3) is 5.39. The summed E-state index contributed by atoms with van der Waals surface area (Å²) in [5.74, 6) is -0.0920. The lowest BCUT2D eigenvalue weighted by Crippen LogP contribution is -2.40. The molecule has 0 heterocycles. The first-order valence-electron chi connectivity index (χ1n) is 6.30. The molecule has 20 heavy (non-hydrogen) atoms. The zero-order valence-corrected chi connectivity index (χ0v) is 11.6. The predicted octanol–water partition coefficient (Wildman–Crippen LogP) is 1.98. The van der Waals surface area contributed by atoms with Gasteiger partial charge in [0.2, 0.25) is 0 Å². The average Bonchev–Trinajstić information content (AvgIpc) is 2.46. The van der Waals surface area contributed by atoms with Crippen molar-refractivity contribution in [1.29, 1.82) is 0 Å². The van der Waals surface area contributed by atoms with Crippen molar-refractivity contribution < 1.29 is 14.3 Å². The highest BCUT2D eigenvalue weighted by Gasteiger charge is 2.05. The van der Waals surface area contributed by atoms with Crippen molar-refractivity contribution in [2.24, 2.45) is 0 Å². The zero-order chi connectivity index (χ0) is 14.8. The first kappa shape index (κ1) is 15.5. The van der Waals surface area contributed by atoms with Gasteiger partial charge < -0.3 is 4.74 Å².